The Kier molecular flexibility index (Phi) is 4.89. The van der Waals surface area contributed by atoms with Gasteiger partial charge in [-0.05, 0) is 44.6 Å². The van der Waals surface area contributed by atoms with Gasteiger partial charge in [-0.1, -0.05) is 12.5 Å². The van der Waals surface area contributed by atoms with Gasteiger partial charge in [0.2, 0.25) is 5.91 Å². The molecule has 0 atom stereocenters. The largest absolute Gasteiger partial charge is 0.480 e. The number of benzene rings is 1. The minimum atomic E-state index is -4.56. The van der Waals surface area contributed by atoms with E-state index < -0.39 is 29.0 Å². The van der Waals surface area contributed by atoms with Crippen LogP contribution in [0.15, 0.2) is 18.2 Å². The van der Waals surface area contributed by atoms with Gasteiger partial charge in [-0.25, -0.2) is 0 Å². The fraction of sp³-hybridized carbons (Fsp3) is 0.500. The number of anilines is 1. The third kappa shape index (κ3) is 3.53. The van der Waals surface area contributed by atoms with E-state index in [4.69, 9.17) is 0 Å². The molecule has 0 unspecified atom stereocenters. The molecule has 0 radical (unpaired) electrons. The molecule has 0 aromatic heterocycles. The normalized spacial score (nSPS) is 16.6. The molecule has 24 heavy (non-hydrogen) atoms. The maximum absolute atomic E-state index is 13.2. The second-order valence-corrected chi connectivity index (χ2v) is 6.30. The average molecular weight is 344 g/mol. The fourth-order valence-electron chi connectivity index (χ4n) is 2.72. The molecular weight excluding hydrogens is 325 g/mol. The van der Waals surface area contributed by atoms with Gasteiger partial charge in [0.25, 0.3) is 0 Å². The number of amides is 1. The van der Waals surface area contributed by atoms with E-state index >= 15 is 0 Å². The third-order valence-corrected chi connectivity index (χ3v) is 4.21. The van der Waals surface area contributed by atoms with Crippen molar-refractivity contribution in [1.29, 1.82) is 0 Å². The van der Waals surface area contributed by atoms with Gasteiger partial charge in [0.15, 0.2) is 0 Å². The molecule has 1 fully saturated rings. The van der Waals surface area contributed by atoms with Crippen molar-refractivity contribution in [2.45, 2.75) is 32.0 Å². The Hall–Kier alpha value is -2.09. The van der Waals surface area contributed by atoms with Crippen molar-refractivity contribution >= 4 is 17.6 Å². The number of carboxylic acid groups (broad SMARTS) is 1. The highest BCUT2D eigenvalue weighted by atomic mass is 19.4. The van der Waals surface area contributed by atoms with E-state index in [2.05, 4.69) is 5.32 Å². The molecule has 1 aromatic carbocycles. The summed E-state index contributed by atoms with van der Waals surface area (Å²) in [5.41, 5.74) is -2.34. The summed E-state index contributed by atoms with van der Waals surface area (Å²) >= 11 is 0. The number of hydrogen-bond acceptors (Lipinski definition) is 3. The Morgan fingerprint density at radius 3 is 2.33 bits per heavy atom. The second kappa shape index (κ2) is 6.43. The number of hydrogen-bond donors (Lipinski definition) is 2. The van der Waals surface area contributed by atoms with Crippen LogP contribution < -0.4 is 5.32 Å². The van der Waals surface area contributed by atoms with E-state index in [0.717, 1.165) is 6.07 Å². The summed E-state index contributed by atoms with van der Waals surface area (Å²) in [5.74, 6) is -2.01. The molecule has 132 valence electrons. The summed E-state index contributed by atoms with van der Waals surface area (Å²) in [6.07, 6.45) is -3.57. The summed E-state index contributed by atoms with van der Waals surface area (Å²) in [6.45, 7) is 0.0993. The van der Waals surface area contributed by atoms with Crippen LogP contribution in [0.1, 0.15) is 30.4 Å². The van der Waals surface area contributed by atoms with Crippen molar-refractivity contribution in [3.05, 3.63) is 29.3 Å². The SMILES string of the molecule is CN(C)Cc1ccc(NC(=O)C2(C(=O)O)CCC2)cc1C(F)(F)F. The Bertz CT molecular complexity index is 652. The zero-order valence-corrected chi connectivity index (χ0v) is 13.4. The van der Waals surface area contributed by atoms with Gasteiger partial charge in [-0.2, -0.15) is 13.2 Å². The Balaban J connectivity index is 2.28. The highest BCUT2D eigenvalue weighted by Crippen LogP contribution is 2.42. The molecule has 0 heterocycles. The lowest BCUT2D eigenvalue weighted by Gasteiger charge is -2.35. The van der Waals surface area contributed by atoms with E-state index in [1.54, 1.807) is 19.0 Å². The molecule has 1 aliphatic rings. The molecular formula is C16H19F3N2O3. The first-order chi connectivity index (χ1) is 11.1. The number of carboxylic acids is 1. The molecule has 2 N–H and O–H groups in total. The molecule has 1 aromatic rings. The summed E-state index contributed by atoms with van der Waals surface area (Å²) in [4.78, 5) is 25.1. The monoisotopic (exact) mass is 344 g/mol. The lowest BCUT2D eigenvalue weighted by molar-refractivity contribution is -0.159. The standard InChI is InChI=1S/C16H19F3N2O3/c1-21(2)9-10-4-5-11(8-12(10)16(17,18)19)20-13(22)15(14(23)24)6-3-7-15/h4-5,8H,3,6-7,9H2,1-2H3,(H,20,22)(H,23,24). The van der Waals surface area contributed by atoms with Gasteiger partial charge in [0.1, 0.15) is 5.41 Å². The maximum atomic E-state index is 13.2. The fourth-order valence-corrected chi connectivity index (χ4v) is 2.72. The van der Waals surface area contributed by atoms with Crippen LogP contribution in [0.4, 0.5) is 18.9 Å². The summed E-state index contributed by atoms with van der Waals surface area (Å²) in [5, 5.41) is 11.5. The summed E-state index contributed by atoms with van der Waals surface area (Å²) < 4.78 is 39.7. The molecule has 1 amide bonds. The van der Waals surface area contributed by atoms with Crippen molar-refractivity contribution < 1.29 is 27.9 Å². The van der Waals surface area contributed by atoms with E-state index in [0.29, 0.717) is 6.42 Å². The molecule has 1 saturated carbocycles. The minimum absolute atomic E-state index is 0.0534. The Morgan fingerprint density at radius 1 is 1.29 bits per heavy atom. The molecule has 1 aliphatic carbocycles. The van der Waals surface area contributed by atoms with Crippen LogP contribution in [0.5, 0.6) is 0 Å². The van der Waals surface area contributed by atoms with Gasteiger partial charge in [-0.15, -0.1) is 0 Å². The molecule has 2 rings (SSSR count). The van der Waals surface area contributed by atoms with Crippen molar-refractivity contribution in [3.8, 4) is 0 Å². The zero-order chi connectivity index (χ0) is 18.1. The number of carbonyl (C=O) groups excluding carboxylic acids is 1. The Labute approximate surface area is 137 Å². The van der Waals surface area contributed by atoms with Crippen LogP contribution in [0.25, 0.3) is 0 Å². The number of aliphatic carboxylic acids is 1. The van der Waals surface area contributed by atoms with Crippen molar-refractivity contribution in [2.75, 3.05) is 19.4 Å². The molecule has 0 bridgehead atoms. The van der Waals surface area contributed by atoms with Crippen LogP contribution >= 0.6 is 0 Å². The average Bonchev–Trinajstić information content (AvgIpc) is 2.36. The lowest BCUT2D eigenvalue weighted by atomic mass is 9.68. The van der Waals surface area contributed by atoms with Crippen molar-refractivity contribution in [2.24, 2.45) is 5.41 Å². The number of carbonyl (C=O) groups is 2. The van der Waals surface area contributed by atoms with Crippen LogP contribution in [0, 0.1) is 5.41 Å². The molecule has 5 nitrogen and oxygen atoms in total. The number of nitrogens with zero attached hydrogens (tertiary/aromatic N) is 1. The highest BCUT2D eigenvalue weighted by molar-refractivity contribution is 6.09. The second-order valence-electron chi connectivity index (χ2n) is 6.30. The summed E-state index contributed by atoms with van der Waals surface area (Å²) in [7, 11) is 3.31. The topological polar surface area (TPSA) is 69.6 Å². The summed E-state index contributed by atoms with van der Waals surface area (Å²) in [6, 6.07) is 3.51. The molecule has 0 spiro atoms. The van der Waals surface area contributed by atoms with Gasteiger partial charge in [0, 0.05) is 12.2 Å². The van der Waals surface area contributed by atoms with E-state index in [1.807, 2.05) is 0 Å². The lowest BCUT2D eigenvalue weighted by Crippen LogP contribution is -2.48. The van der Waals surface area contributed by atoms with Crippen LogP contribution in [0.2, 0.25) is 0 Å². The van der Waals surface area contributed by atoms with Gasteiger partial charge < -0.3 is 15.3 Å². The number of rotatable bonds is 5. The molecule has 8 heteroatoms. The first kappa shape index (κ1) is 18.3. The number of alkyl halides is 3. The van der Waals surface area contributed by atoms with E-state index in [9.17, 15) is 27.9 Å². The maximum Gasteiger partial charge on any atom is 0.416 e. The van der Waals surface area contributed by atoms with E-state index in [1.165, 1.54) is 12.1 Å². The molecule has 0 aliphatic heterocycles. The first-order valence-corrected chi connectivity index (χ1v) is 7.46. The number of nitrogens with one attached hydrogen (secondary N) is 1. The van der Waals surface area contributed by atoms with Crippen LogP contribution in [0.3, 0.4) is 0 Å². The van der Waals surface area contributed by atoms with Crippen molar-refractivity contribution in [3.63, 3.8) is 0 Å². The highest BCUT2D eigenvalue weighted by Gasteiger charge is 2.51. The smallest absolute Gasteiger partial charge is 0.416 e. The van der Waals surface area contributed by atoms with Crippen LogP contribution in [-0.4, -0.2) is 36.0 Å². The minimum Gasteiger partial charge on any atom is -0.480 e. The quantitative estimate of drug-likeness (QED) is 0.806. The van der Waals surface area contributed by atoms with Gasteiger partial charge >= 0.3 is 12.1 Å². The predicted octanol–water partition coefficient (Wildman–Crippen LogP) is 2.96. The Morgan fingerprint density at radius 2 is 1.92 bits per heavy atom. The number of halogens is 3. The van der Waals surface area contributed by atoms with Crippen molar-refractivity contribution in [1.82, 2.24) is 4.90 Å². The third-order valence-electron chi connectivity index (χ3n) is 4.21. The van der Waals surface area contributed by atoms with E-state index in [-0.39, 0.29) is 30.6 Å². The zero-order valence-electron chi connectivity index (χ0n) is 13.4. The van der Waals surface area contributed by atoms with Gasteiger partial charge in [-0.3, -0.25) is 9.59 Å². The molecule has 0 saturated heterocycles. The first-order valence-electron chi connectivity index (χ1n) is 7.46. The predicted molar refractivity (Wildman–Crippen MR) is 81.4 cm³/mol. The van der Waals surface area contributed by atoms with Crippen LogP contribution in [-0.2, 0) is 22.3 Å². The van der Waals surface area contributed by atoms with Gasteiger partial charge in [0.05, 0.1) is 5.56 Å².